The zero-order chi connectivity index (χ0) is 15.0. The number of aromatic nitrogens is 1. The Hall–Kier alpha value is -1.47. The molecule has 0 N–H and O–H groups in total. The molecule has 0 atom stereocenters. The van der Waals surface area contributed by atoms with Gasteiger partial charge in [0.2, 0.25) is 10.0 Å². The van der Waals surface area contributed by atoms with Gasteiger partial charge in [0.15, 0.2) is 0 Å². The van der Waals surface area contributed by atoms with E-state index in [1.807, 2.05) is 18.2 Å². The number of ether oxygens (including phenoxy) is 1. The van der Waals surface area contributed by atoms with E-state index in [4.69, 9.17) is 0 Å². The van der Waals surface area contributed by atoms with E-state index in [2.05, 4.69) is 9.72 Å². The first-order valence-electron chi connectivity index (χ1n) is 6.36. The van der Waals surface area contributed by atoms with E-state index in [-0.39, 0.29) is 18.6 Å². The minimum atomic E-state index is -3.34. The number of methoxy groups -OCH3 is 1. The fourth-order valence-electron chi connectivity index (χ4n) is 1.61. The number of sulfonamides is 1. The number of nitrogens with zero attached hydrogens (tertiary/aromatic N) is 2. The molecule has 1 aromatic rings. The van der Waals surface area contributed by atoms with E-state index in [0.29, 0.717) is 13.0 Å². The third-order valence-electron chi connectivity index (χ3n) is 2.89. The molecule has 0 saturated carbocycles. The predicted octanol–water partition coefficient (Wildman–Crippen LogP) is 0.839. The fraction of sp³-hybridized carbons (Fsp3) is 0.538. The van der Waals surface area contributed by atoms with Gasteiger partial charge in [0.1, 0.15) is 0 Å². The van der Waals surface area contributed by atoms with Crippen LogP contribution in [0.15, 0.2) is 24.4 Å². The second-order valence-corrected chi connectivity index (χ2v) is 6.58. The Kier molecular flexibility index (Phi) is 6.60. The molecule has 0 saturated heterocycles. The lowest BCUT2D eigenvalue weighted by molar-refractivity contribution is -0.140. The number of esters is 1. The predicted molar refractivity (Wildman–Crippen MR) is 75.6 cm³/mol. The number of hydrogen-bond donors (Lipinski definition) is 0. The van der Waals surface area contributed by atoms with Gasteiger partial charge in [-0.05, 0) is 18.6 Å². The second kappa shape index (κ2) is 7.96. The summed E-state index contributed by atoms with van der Waals surface area (Å²) in [5.74, 6) is -0.447. The quantitative estimate of drug-likeness (QED) is 0.665. The molecule has 0 fully saturated rings. The lowest BCUT2D eigenvalue weighted by Gasteiger charge is -2.16. The van der Waals surface area contributed by atoms with Crippen LogP contribution in [-0.4, -0.2) is 50.1 Å². The van der Waals surface area contributed by atoms with Gasteiger partial charge in [-0.15, -0.1) is 0 Å². The van der Waals surface area contributed by atoms with Crippen LogP contribution in [0.1, 0.15) is 18.5 Å². The van der Waals surface area contributed by atoms with Gasteiger partial charge in [-0.25, -0.2) is 12.7 Å². The maximum atomic E-state index is 12.0. The third-order valence-corrected chi connectivity index (χ3v) is 4.83. The topological polar surface area (TPSA) is 76.6 Å². The molecule has 112 valence electrons. The Labute approximate surface area is 119 Å². The molecule has 0 radical (unpaired) electrons. The van der Waals surface area contributed by atoms with Gasteiger partial charge in [0.05, 0.1) is 12.9 Å². The van der Waals surface area contributed by atoms with Crippen molar-refractivity contribution in [2.45, 2.75) is 19.3 Å². The van der Waals surface area contributed by atoms with Gasteiger partial charge in [0.25, 0.3) is 0 Å². The highest BCUT2D eigenvalue weighted by molar-refractivity contribution is 7.89. The van der Waals surface area contributed by atoms with Crippen molar-refractivity contribution >= 4 is 16.0 Å². The van der Waals surface area contributed by atoms with Crippen LogP contribution in [0.2, 0.25) is 0 Å². The van der Waals surface area contributed by atoms with Crippen molar-refractivity contribution in [1.82, 2.24) is 9.29 Å². The maximum absolute atomic E-state index is 12.0. The SMILES string of the molecule is COC(=O)CCCS(=O)(=O)N(C)CCc1ccccn1. The minimum Gasteiger partial charge on any atom is -0.469 e. The summed E-state index contributed by atoms with van der Waals surface area (Å²) in [5, 5.41) is 0. The largest absolute Gasteiger partial charge is 0.469 e. The monoisotopic (exact) mass is 300 g/mol. The number of carbonyl (C=O) groups excluding carboxylic acids is 1. The first-order valence-corrected chi connectivity index (χ1v) is 7.97. The maximum Gasteiger partial charge on any atom is 0.305 e. The third kappa shape index (κ3) is 5.66. The smallest absolute Gasteiger partial charge is 0.305 e. The number of rotatable bonds is 8. The van der Waals surface area contributed by atoms with Crippen LogP contribution in [0.3, 0.4) is 0 Å². The van der Waals surface area contributed by atoms with Crippen molar-refractivity contribution in [2.75, 3.05) is 26.5 Å². The summed E-state index contributed by atoms with van der Waals surface area (Å²) in [6, 6.07) is 5.54. The molecule has 1 aromatic heterocycles. The zero-order valence-corrected chi connectivity index (χ0v) is 12.6. The van der Waals surface area contributed by atoms with Gasteiger partial charge in [-0.2, -0.15) is 0 Å². The molecular formula is C13H20N2O4S. The minimum absolute atomic E-state index is 0.0547. The summed E-state index contributed by atoms with van der Waals surface area (Å²) in [4.78, 5) is 15.1. The van der Waals surface area contributed by atoms with E-state index in [9.17, 15) is 13.2 Å². The summed E-state index contributed by atoms with van der Waals surface area (Å²) < 4.78 is 29.7. The Bertz CT molecular complexity index is 516. The molecule has 0 aliphatic rings. The van der Waals surface area contributed by atoms with Crippen LogP contribution in [-0.2, 0) is 26.0 Å². The summed E-state index contributed by atoms with van der Waals surface area (Å²) in [5.41, 5.74) is 0.851. The van der Waals surface area contributed by atoms with Crippen molar-refractivity contribution < 1.29 is 17.9 Å². The fourth-order valence-corrected chi connectivity index (χ4v) is 2.80. The van der Waals surface area contributed by atoms with E-state index in [1.54, 1.807) is 6.20 Å². The average molecular weight is 300 g/mol. The average Bonchev–Trinajstić information content (AvgIpc) is 2.45. The molecule has 1 heterocycles. The van der Waals surface area contributed by atoms with Crippen molar-refractivity contribution in [3.8, 4) is 0 Å². The van der Waals surface area contributed by atoms with Gasteiger partial charge in [-0.1, -0.05) is 6.07 Å². The standard InChI is InChI=1S/C13H20N2O4S/c1-15(10-8-12-6-3-4-9-14-12)20(17,18)11-5-7-13(16)19-2/h3-4,6,9H,5,7-8,10-11H2,1-2H3. The summed E-state index contributed by atoms with van der Waals surface area (Å²) in [6.07, 6.45) is 2.63. The lowest BCUT2D eigenvalue weighted by atomic mass is 10.3. The molecule has 0 aliphatic heterocycles. The lowest BCUT2D eigenvalue weighted by Crippen LogP contribution is -2.31. The van der Waals surface area contributed by atoms with Crippen LogP contribution in [0.5, 0.6) is 0 Å². The van der Waals surface area contributed by atoms with Gasteiger partial charge < -0.3 is 4.74 Å². The highest BCUT2D eigenvalue weighted by Gasteiger charge is 2.18. The van der Waals surface area contributed by atoms with Crippen molar-refractivity contribution in [3.63, 3.8) is 0 Å². The van der Waals surface area contributed by atoms with Crippen molar-refractivity contribution in [2.24, 2.45) is 0 Å². The molecule has 6 nitrogen and oxygen atoms in total. The first kappa shape index (κ1) is 16.6. The van der Waals surface area contributed by atoms with Crippen LogP contribution < -0.4 is 0 Å². The Morgan fingerprint density at radius 1 is 1.40 bits per heavy atom. The Morgan fingerprint density at radius 3 is 2.75 bits per heavy atom. The summed E-state index contributed by atoms with van der Waals surface area (Å²) in [7, 11) is -0.511. The van der Waals surface area contributed by atoms with Gasteiger partial charge >= 0.3 is 5.97 Å². The molecular weight excluding hydrogens is 280 g/mol. The summed E-state index contributed by atoms with van der Waals surface area (Å²) >= 11 is 0. The van der Waals surface area contributed by atoms with Crippen molar-refractivity contribution in [3.05, 3.63) is 30.1 Å². The highest BCUT2D eigenvalue weighted by atomic mass is 32.2. The molecule has 7 heteroatoms. The Balaban J connectivity index is 2.40. The van der Waals surface area contributed by atoms with Crippen LogP contribution in [0, 0.1) is 0 Å². The first-order chi connectivity index (χ1) is 9.45. The zero-order valence-electron chi connectivity index (χ0n) is 11.8. The molecule has 0 amide bonds. The summed E-state index contributed by atoms with van der Waals surface area (Å²) in [6.45, 7) is 0.373. The van der Waals surface area contributed by atoms with E-state index < -0.39 is 16.0 Å². The van der Waals surface area contributed by atoms with Crippen LogP contribution in [0.25, 0.3) is 0 Å². The number of likely N-dealkylation sites (N-methyl/N-ethyl adjacent to an activating group) is 1. The molecule has 0 unspecified atom stereocenters. The van der Waals surface area contributed by atoms with E-state index in [1.165, 1.54) is 18.5 Å². The number of hydrogen-bond acceptors (Lipinski definition) is 5. The van der Waals surface area contributed by atoms with Gasteiger partial charge in [0, 0.05) is 38.3 Å². The molecule has 0 bridgehead atoms. The molecule has 0 aromatic carbocycles. The molecule has 1 rings (SSSR count). The van der Waals surface area contributed by atoms with Gasteiger partial charge in [-0.3, -0.25) is 9.78 Å². The molecule has 20 heavy (non-hydrogen) atoms. The molecule has 0 spiro atoms. The highest BCUT2D eigenvalue weighted by Crippen LogP contribution is 2.05. The van der Waals surface area contributed by atoms with Crippen LogP contribution in [0.4, 0.5) is 0 Å². The van der Waals surface area contributed by atoms with Crippen LogP contribution >= 0.6 is 0 Å². The van der Waals surface area contributed by atoms with Crippen molar-refractivity contribution in [1.29, 1.82) is 0 Å². The Morgan fingerprint density at radius 2 is 2.15 bits per heavy atom. The normalized spacial score (nSPS) is 11.6. The molecule has 0 aliphatic carbocycles. The number of pyridine rings is 1. The second-order valence-electron chi connectivity index (χ2n) is 4.39. The number of carbonyl (C=O) groups is 1. The van der Waals surface area contributed by atoms with E-state index >= 15 is 0 Å². The van der Waals surface area contributed by atoms with E-state index in [0.717, 1.165) is 5.69 Å².